The summed E-state index contributed by atoms with van der Waals surface area (Å²) >= 11 is 7.22. The molecule has 1 heterocycles. The van der Waals surface area contributed by atoms with Gasteiger partial charge in [-0.25, -0.2) is 14.2 Å². The molecule has 0 fully saturated rings. The Bertz CT molecular complexity index is 632. The van der Waals surface area contributed by atoms with E-state index in [-0.39, 0.29) is 11.7 Å². The van der Waals surface area contributed by atoms with Crippen LogP contribution in [0.5, 0.6) is 0 Å². The van der Waals surface area contributed by atoms with Gasteiger partial charge in [0.15, 0.2) is 0 Å². The zero-order valence-corrected chi connectivity index (χ0v) is 12.5. The Labute approximate surface area is 125 Å². The van der Waals surface area contributed by atoms with E-state index in [0.717, 1.165) is 10.7 Å². The monoisotopic (exact) mass is 313 g/mol. The minimum Gasteiger partial charge on any atom is -0.329 e. The van der Waals surface area contributed by atoms with Crippen LogP contribution in [0.4, 0.5) is 14.9 Å². The normalized spacial score (nSPS) is 12.0. The predicted molar refractivity (Wildman–Crippen MR) is 78.8 cm³/mol. The maximum atomic E-state index is 13.5. The van der Waals surface area contributed by atoms with Crippen molar-refractivity contribution in [2.24, 2.45) is 0 Å². The average Bonchev–Trinajstić information content (AvgIpc) is 2.80. The second-order valence-corrected chi connectivity index (χ2v) is 5.60. The topological polar surface area (TPSA) is 54.0 Å². The number of nitrogens with one attached hydrogen (secondary N) is 2. The van der Waals surface area contributed by atoms with Crippen molar-refractivity contribution in [1.29, 1.82) is 0 Å². The third kappa shape index (κ3) is 3.68. The molecule has 4 nitrogen and oxygen atoms in total. The Morgan fingerprint density at radius 3 is 2.90 bits per heavy atom. The lowest BCUT2D eigenvalue weighted by Crippen LogP contribution is -2.31. The van der Waals surface area contributed by atoms with Crippen LogP contribution in [-0.4, -0.2) is 11.0 Å². The Morgan fingerprint density at radius 1 is 1.50 bits per heavy atom. The van der Waals surface area contributed by atoms with Crippen LogP contribution >= 0.6 is 22.9 Å². The van der Waals surface area contributed by atoms with Crippen LogP contribution in [0.25, 0.3) is 0 Å². The number of anilines is 1. The maximum Gasteiger partial charge on any atom is 0.319 e. The highest BCUT2D eigenvalue weighted by Gasteiger charge is 2.14. The number of amides is 2. The van der Waals surface area contributed by atoms with Crippen LogP contribution in [-0.2, 0) is 0 Å². The second kappa shape index (κ2) is 6.19. The Hall–Kier alpha value is -1.66. The molecule has 2 aromatic rings. The summed E-state index contributed by atoms with van der Waals surface area (Å²) in [7, 11) is 0. The molecule has 7 heteroatoms. The second-order valence-electron chi connectivity index (χ2n) is 4.27. The van der Waals surface area contributed by atoms with Crippen molar-refractivity contribution >= 4 is 34.7 Å². The number of aromatic nitrogens is 1. The minimum absolute atomic E-state index is 0.0394. The molecule has 2 amide bonds. The van der Waals surface area contributed by atoms with Crippen molar-refractivity contribution in [3.05, 3.63) is 45.1 Å². The van der Waals surface area contributed by atoms with E-state index in [9.17, 15) is 9.18 Å². The highest BCUT2D eigenvalue weighted by Crippen LogP contribution is 2.20. The molecular weight excluding hydrogens is 301 g/mol. The molecule has 0 spiro atoms. The molecular formula is C13H13ClFN3OS. The van der Waals surface area contributed by atoms with E-state index < -0.39 is 11.8 Å². The summed E-state index contributed by atoms with van der Waals surface area (Å²) < 4.78 is 13.5. The summed E-state index contributed by atoms with van der Waals surface area (Å²) in [6, 6.07) is 3.21. The van der Waals surface area contributed by atoms with Crippen LogP contribution < -0.4 is 10.6 Å². The first-order chi connectivity index (χ1) is 9.45. The smallest absolute Gasteiger partial charge is 0.319 e. The molecule has 2 N–H and O–H groups in total. The lowest BCUT2D eigenvalue weighted by molar-refractivity contribution is 0.249. The zero-order chi connectivity index (χ0) is 14.7. The van der Waals surface area contributed by atoms with E-state index in [1.165, 1.54) is 29.5 Å². The molecule has 0 aliphatic heterocycles. The summed E-state index contributed by atoms with van der Waals surface area (Å²) in [5.74, 6) is -0.540. The molecule has 2 rings (SSSR count). The number of aryl methyl sites for hydroxylation is 1. The maximum absolute atomic E-state index is 13.5. The minimum atomic E-state index is -0.540. The van der Waals surface area contributed by atoms with Gasteiger partial charge < -0.3 is 10.6 Å². The van der Waals surface area contributed by atoms with Gasteiger partial charge >= 0.3 is 6.03 Å². The number of benzene rings is 1. The van der Waals surface area contributed by atoms with Gasteiger partial charge in [-0.2, -0.15) is 0 Å². The number of halogens is 2. The highest BCUT2D eigenvalue weighted by molar-refractivity contribution is 7.09. The standard InChI is InChI=1S/C13H13ClFN3OS/c1-7-6-20-12(16-7)8(2)17-13(19)18-11-5-9(14)3-4-10(11)15/h3-6,8H,1-2H3,(H2,17,18,19). The molecule has 1 unspecified atom stereocenters. The summed E-state index contributed by atoms with van der Waals surface area (Å²) in [4.78, 5) is 16.1. The fourth-order valence-corrected chi connectivity index (χ4v) is 2.56. The molecule has 1 aromatic carbocycles. The fraction of sp³-hybridized carbons (Fsp3) is 0.231. The molecule has 0 saturated heterocycles. The number of carbonyl (C=O) groups excluding carboxylic acids is 1. The molecule has 106 valence electrons. The number of carbonyl (C=O) groups is 1. The van der Waals surface area contributed by atoms with Crippen LogP contribution in [0, 0.1) is 12.7 Å². The van der Waals surface area contributed by atoms with E-state index in [1.807, 2.05) is 19.2 Å². The largest absolute Gasteiger partial charge is 0.329 e. The first-order valence-corrected chi connectivity index (χ1v) is 7.16. The lowest BCUT2D eigenvalue weighted by atomic mass is 10.3. The summed E-state index contributed by atoms with van der Waals surface area (Å²) in [6.07, 6.45) is 0. The average molecular weight is 314 g/mol. The van der Waals surface area contributed by atoms with Crippen LogP contribution in [0.1, 0.15) is 23.7 Å². The van der Waals surface area contributed by atoms with E-state index in [4.69, 9.17) is 11.6 Å². The summed E-state index contributed by atoms with van der Waals surface area (Å²) in [5.41, 5.74) is 0.942. The first kappa shape index (κ1) is 14.7. The molecule has 0 bridgehead atoms. The SMILES string of the molecule is Cc1csc(C(C)NC(=O)Nc2cc(Cl)ccc2F)n1. The Balaban J connectivity index is 2.00. The molecule has 1 aromatic heterocycles. The first-order valence-electron chi connectivity index (χ1n) is 5.90. The third-order valence-corrected chi connectivity index (χ3v) is 3.91. The summed E-state index contributed by atoms with van der Waals surface area (Å²) in [6.45, 7) is 3.69. The van der Waals surface area contributed by atoms with Gasteiger partial charge in [0.2, 0.25) is 0 Å². The zero-order valence-electron chi connectivity index (χ0n) is 10.9. The number of rotatable bonds is 3. The number of nitrogens with zero attached hydrogens (tertiary/aromatic N) is 1. The van der Waals surface area contributed by atoms with Crippen molar-refractivity contribution in [3.63, 3.8) is 0 Å². The number of urea groups is 1. The van der Waals surface area contributed by atoms with Gasteiger partial charge in [-0.1, -0.05) is 11.6 Å². The van der Waals surface area contributed by atoms with Gasteiger partial charge in [0, 0.05) is 16.1 Å². The van der Waals surface area contributed by atoms with Crippen molar-refractivity contribution in [2.75, 3.05) is 5.32 Å². The highest BCUT2D eigenvalue weighted by atomic mass is 35.5. The number of hydrogen-bond donors (Lipinski definition) is 2. The van der Waals surface area contributed by atoms with Gasteiger partial charge in [-0.15, -0.1) is 11.3 Å². The van der Waals surface area contributed by atoms with Crippen molar-refractivity contribution < 1.29 is 9.18 Å². The summed E-state index contributed by atoms with van der Waals surface area (Å²) in [5, 5.41) is 8.17. The van der Waals surface area contributed by atoms with Crippen molar-refractivity contribution in [3.8, 4) is 0 Å². The molecule has 0 aliphatic rings. The molecule has 0 radical (unpaired) electrons. The molecule has 1 atom stereocenters. The van der Waals surface area contributed by atoms with Crippen molar-refractivity contribution in [1.82, 2.24) is 10.3 Å². The van der Waals surface area contributed by atoms with Gasteiger partial charge in [0.25, 0.3) is 0 Å². The molecule has 20 heavy (non-hydrogen) atoms. The van der Waals surface area contributed by atoms with E-state index in [0.29, 0.717) is 5.02 Å². The molecule has 0 saturated carbocycles. The van der Waals surface area contributed by atoms with Gasteiger partial charge in [0.1, 0.15) is 10.8 Å². The Morgan fingerprint density at radius 2 is 2.25 bits per heavy atom. The number of hydrogen-bond acceptors (Lipinski definition) is 3. The predicted octanol–water partition coefficient (Wildman–Crippen LogP) is 4.13. The fourth-order valence-electron chi connectivity index (χ4n) is 1.58. The van der Waals surface area contributed by atoms with E-state index >= 15 is 0 Å². The van der Waals surface area contributed by atoms with E-state index in [2.05, 4.69) is 15.6 Å². The molecule has 0 aliphatic carbocycles. The Kier molecular flexibility index (Phi) is 4.57. The van der Waals surface area contributed by atoms with Crippen LogP contribution in [0.2, 0.25) is 5.02 Å². The van der Waals surface area contributed by atoms with Gasteiger partial charge in [-0.3, -0.25) is 0 Å². The third-order valence-electron chi connectivity index (χ3n) is 2.53. The number of thiazole rings is 1. The van der Waals surface area contributed by atoms with Gasteiger partial charge in [0.05, 0.1) is 11.7 Å². The van der Waals surface area contributed by atoms with Gasteiger partial charge in [-0.05, 0) is 32.0 Å². The quantitative estimate of drug-likeness (QED) is 0.895. The van der Waals surface area contributed by atoms with E-state index in [1.54, 1.807) is 0 Å². The van der Waals surface area contributed by atoms with Crippen LogP contribution in [0.3, 0.4) is 0 Å². The van der Waals surface area contributed by atoms with Crippen LogP contribution in [0.15, 0.2) is 23.6 Å². The van der Waals surface area contributed by atoms with Crippen molar-refractivity contribution in [2.45, 2.75) is 19.9 Å². The lowest BCUT2D eigenvalue weighted by Gasteiger charge is -2.13.